The van der Waals surface area contributed by atoms with Crippen molar-refractivity contribution in [3.8, 4) is 0 Å². The predicted octanol–water partition coefficient (Wildman–Crippen LogP) is 2.19. The van der Waals surface area contributed by atoms with Crippen LogP contribution >= 0.6 is 11.3 Å². The fraction of sp³-hybridized carbons (Fsp3) is 0.450. The summed E-state index contributed by atoms with van der Waals surface area (Å²) < 4.78 is 5.18. The van der Waals surface area contributed by atoms with Crippen molar-refractivity contribution in [3.05, 3.63) is 41.4 Å². The summed E-state index contributed by atoms with van der Waals surface area (Å²) in [7, 11) is 0. The van der Waals surface area contributed by atoms with Gasteiger partial charge in [-0.15, -0.1) is 11.3 Å². The molecule has 1 amide bonds. The highest BCUT2D eigenvalue weighted by molar-refractivity contribution is 7.14. The number of amides is 1. The van der Waals surface area contributed by atoms with E-state index in [4.69, 9.17) is 9.72 Å². The number of para-hydroxylation sites is 1. The van der Waals surface area contributed by atoms with Crippen LogP contribution in [0.1, 0.15) is 32.4 Å². The first kappa shape index (κ1) is 19.5. The number of quaternary nitrogens is 1. The van der Waals surface area contributed by atoms with E-state index in [1.807, 2.05) is 42.6 Å². The van der Waals surface area contributed by atoms with E-state index >= 15 is 0 Å². The quantitative estimate of drug-likeness (QED) is 0.771. The molecule has 7 heteroatoms. The third kappa shape index (κ3) is 4.93. The molecule has 144 valence electrons. The Morgan fingerprint density at radius 1 is 1.33 bits per heavy atom. The number of hydrogen-bond acceptors (Lipinski definition) is 5. The summed E-state index contributed by atoms with van der Waals surface area (Å²) >= 11 is 1.47. The van der Waals surface area contributed by atoms with Gasteiger partial charge in [-0.05, 0) is 31.9 Å². The van der Waals surface area contributed by atoms with E-state index in [2.05, 4.69) is 0 Å². The highest BCUT2D eigenvalue weighted by atomic mass is 32.1. The Bertz CT molecular complexity index is 778. The van der Waals surface area contributed by atoms with Gasteiger partial charge in [0.2, 0.25) is 5.91 Å². The highest BCUT2D eigenvalue weighted by Crippen LogP contribution is 2.28. The number of likely N-dealkylation sites (tertiary alicyclic amines) is 1. The number of ether oxygens (including phenoxy) is 1. The van der Waals surface area contributed by atoms with E-state index in [0.29, 0.717) is 11.7 Å². The average molecular weight is 389 g/mol. The Kier molecular flexibility index (Phi) is 6.58. The molecule has 0 spiro atoms. The Balaban J connectivity index is 1.68. The first-order valence-corrected chi connectivity index (χ1v) is 10.3. The van der Waals surface area contributed by atoms with Gasteiger partial charge in [0, 0.05) is 12.3 Å². The molecule has 1 saturated heterocycles. The number of hydrogen-bond donors (Lipinski definition) is 1. The second kappa shape index (κ2) is 9.10. The molecule has 1 aliphatic rings. The Morgan fingerprint density at radius 2 is 2.11 bits per heavy atom. The van der Waals surface area contributed by atoms with Crippen molar-refractivity contribution in [1.82, 2.24) is 4.98 Å². The van der Waals surface area contributed by atoms with Gasteiger partial charge in [-0.1, -0.05) is 18.2 Å². The lowest BCUT2D eigenvalue weighted by molar-refractivity contribution is -0.921. The second-order valence-corrected chi connectivity index (χ2v) is 7.62. The number of anilines is 2. The molecule has 2 heterocycles. The normalized spacial score (nSPS) is 19.5. The van der Waals surface area contributed by atoms with Gasteiger partial charge in [-0.3, -0.25) is 14.5 Å². The van der Waals surface area contributed by atoms with Gasteiger partial charge in [-0.2, -0.15) is 0 Å². The molecule has 1 aliphatic heterocycles. The van der Waals surface area contributed by atoms with Crippen molar-refractivity contribution < 1.29 is 19.2 Å². The van der Waals surface area contributed by atoms with Crippen LogP contribution in [0.25, 0.3) is 0 Å². The van der Waals surface area contributed by atoms with Crippen molar-refractivity contribution >= 4 is 34.0 Å². The standard InChI is InChI=1S/C20H25N3O3S/c1-3-26-19(25)16-8-7-11-22(12-16)13-17-14-27-20(21-17)23(15(2)24)18-9-5-4-6-10-18/h4-6,9-10,14,16H,3,7-8,11-13H2,1-2H3/p+1/t16-/m1/s1. The van der Waals surface area contributed by atoms with Gasteiger partial charge < -0.3 is 9.64 Å². The molecule has 0 radical (unpaired) electrons. The molecule has 2 aromatic rings. The fourth-order valence-corrected chi connectivity index (χ4v) is 4.40. The third-order valence-corrected chi connectivity index (χ3v) is 5.60. The van der Waals surface area contributed by atoms with Crippen LogP contribution < -0.4 is 9.80 Å². The van der Waals surface area contributed by atoms with Gasteiger partial charge >= 0.3 is 5.97 Å². The molecular formula is C20H26N3O3S+. The summed E-state index contributed by atoms with van der Waals surface area (Å²) in [5, 5.41) is 2.69. The zero-order valence-corrected chi connectivity index (χ0v) is 16.6. The van der Waals surface area contributed by atoms with Crippen molar-refractivity contribution in [3.63, 3.8) is 0 Å². The minimum absolute atomic E-state index is 0.0233. The molecule has 1 unspecified atom stereocenters. The average Bonchev–Trinajstić information content (AvgIpc) is 3.10. The second-order valence-electron chi connectivity index (χ2n) is 6.78. The van der Waals surface area contributed by atoms with E-state index in [-0.39, 0.29) is 17.8 Å². The number of rotatable bonds is 6. The smallest absolute Gasteiger partial charge is 0.314 e. The molecule has 1 fully saturated rings. The topological polar surface area (TPSA) is 63.9 Å². The van der Waals surface area contributed by atoms with Crippen LogP contribution in [0.4, 0.5) is 10.8 Å². The maximum Gasteiger partial charge on any atom is 0.314 e. The molecule has 2 atom stereocenters. The molecule has 3 rings (SSSR count). The van der Waals surface area contributed by atoms with Gasteiger partial charge in [-0.25, -0.2) is 4.98 Å². The Morgan fingerprint density at radius 3 is 2.81 bits per heavy atom. The SMILES string of the molecule is CCOC(=O)[C@@H]1CCC[NH+](Cc2csc(N(C(C)=O)c3ccccc3)n2)C1. The number of thiazole rings is 1. The van der Waals surface area contributed by atoms with E-state index < -0.39 is 0 Å². The lowest BCUT2D eigenvalue weighted by atomic mass is 9.98. The molecule has 0 aliphatic carbocycles. The minimum atomic E-state index is -0.0829. The minimum Gasteiger partial charge on any atom is -0.466 e. The number of carbonyl (C=O) groups is 2. The lowest BCUT2D eigenvalue weighted by Crippen LogP contribution is -3.12. The van der Waals surface area contributed by atoms with Crippen LogP contribution in [0, 0.1) is 5.92 Å². The van der Waals surface area contributed by atoms with Crippen molar-refractivity contribution in [2.45, 2.75) is 33.2 Å². The zero-order chi connectivity index (χ0) is 19.2. The van der Waals surface area contributed by atoms with Crippen LogP contribution in [0.5, 0.6) is 0 Å². The summed E-state index contributed by atoms with van der Waals surface area (Å²) in [5.41, 5.74) is 1.77. The maximum absolute atomic E-state index is 12.2. The van der Waals surface area contributed by atoms with Gasteiger partial charge in [0.1, 0.15) is 18.2 Å². The molecule has 1 aromatic carbocycles. The molecule has 6 nitrogen and oxygen atoms in total. The van der Waals surface area contributed by atoms with Gasteiger partial charge in [0.05, 0.1) is 25.4 Å². The molecule has 0 bridgehead atoms. The van der Waals surface area contributed by atoms with Crippen LogP contribution in [-0.2, 0) is 20.9 Å². The summed E-state index contributed by atoms with van der Waals surface area (Å²) in [6, 6.07) is 9.56. The van der Waals surface area contributed by atoms with Gasteiger partial charge in [0.15, 0.2) is 5.13 Å². The lowest BCUT2D eigenvalue weighted by Gasteiger charge is -2.28. The number of aromatic nitrogens is 1. The molecule has 1 aromatic heterocycles. The Hall–Kier alpha value is -2.25. The molecule has 27 heavy (non-hydrogen) atoms. The number of esters is 1. The largest absolute Gasteiger partial charge is 0.466 e. The summed E-state index contributed by atoms with van der Waals surface area (Å²) in [6.07, 6.45) is 1.91. The van der Waals surface area contributed by atoms with E-state index in [0.717, 1.165) is 43.9 Å². The number of piperidine rings is 1. The van der Waals surface area contributed by atoms with Crippen LogP contribution in [0.3, 0.4) is 0 Å². The van der Waals surface area contributed by atoms with Gasteiger partial charge in [0.25, 0.3) is 0 Å². The van der Waals surface area contributed by atoms with E-state index in [9.17, 15) is 9.59 Å². The highest BCUT2D eigenvalue weighted by Gasteiger charge is 2.30. The molecule has 0 saturated carbocycles. The molecule has 1 N–H and O–H groups in total. The maximum atomic E-state index is 12.2. The van der Waals surface area contributed by atoms with E-state index in [1.165, 1.54) is 16.2 Å². The van der Waals surface area contributed by atoms with Crippen molar-refractivity contribution in [2.75, 3.05) is 24.6 Å². The predicted molar refractivity (Wildman–Crippen MR) is 105 cm³/mol. The first-order chi connectivity index (χ1) is 13.1. The monoisotopic (exact) mass is 388 g/mol. The summed E-state index contributed by atoms with van der Waals surface area (Å²) in [6.45, 7) is 6.38. The number of benzene rings is 1. The van der Waals surface area contributed by atoms with Crippen molar-refractivity contribution in [2.24, 2.45) is 5.92 Å². The number of carbonyl (C=O) groups excluding carboxylic acids is 2. The third-order valence-electron chi connectivity index (χ3n) is 4.73. The Labute approximate surface area is 163 Å². The first-order valence-electron chi connectivity index (χ1n) is 9.38. The summed E-state index contributed by atoms with van der Waals surface area (Å²) in [4.78, 5) is 31.9. The summed E-state index contributed by atoms with van der Waals surface area (Å²) in [5.74, 6) is -0.167. The van der Waals surface area contributed by atoms with E-state index in [1.54, 1.807) is 11.8 Å². The van der Waals surface area contributed by atoms with Crippen LogP contribution in [0.15, 0.2) is 35.7 Å². The molecular weight excluding hydrogens is 362 g/mol. The zero-order valence-electron chi connectivity index (χ0n) is 15.8. The number of nitrogens with zero attached hydrogens (tertiary/aromatic N) is 2. The van der Waals surface area contributed by atoms with Crippen LogP contribution in [0.2, 0.25) is 0 Å². The number of nitrogens with one attached hydrogen (secondary N) is 1. The fourth-order valence-electron chi connectivity index (χ4n) is 3.51. The van der Waals surface area contributed by atoms with Crippen LogP contribution in [-0.4, -0.2) is 36.6 Å². The van der Waals surface area contributed by atoms with Crippen molar-refractivity contribution in [1.29, 1.82) is 0 Å².